The number of primary amides is 1. The highest BCUT2D eigenvalue weighted by molar-refractivity contribution is 9.09. The lowest BCUT2D eigenvalue weighted by Crippen LogP contribution is -2.20. The van der Waals surface area contributed by atoms with Gasteiger partial charge in [-0.05, 0) is 24.3 Å². The number of rotatable bonds is 5. The maximum Gasteiger partial charge on any atom is 0.255 e. The summed E-state index contributed by atoms with van der Waals surface area (Å²) in [5.41, 5.74) is 5.59. The van der Waals surface area contributed by atoms with Crippen molar-refractivity contribution in [3.8, 4) is 5.75 Å². The summed E-state index contributed by atoms with van der Waals surface area (Å²) in [5.74, 6) is -0.141. The smallest absolute Gasteiger partial charge is 0.255 e. The van der Waals surface area contributed by atoms with Gasteiger partial charge in [-0.2, -0.15) is 0 Å². The first-order valence-corrected chi connectivity index (χ1v) is 5.61. The van der Waals surface area contributed by atoms with Crippen molar-refractivity contribution < 1.29 is 14.3 Å². The Bertz CT molecular complexity index is 378. The fraction of sp³-hybridized carbons (Fsp3) is 0.200. The van der Waals surface area contributed by atoms with Gasteiger partial charge >= 0.3 is 0 Å². The van der Waals surface area contributed by atoms with Crippen molar-refractivity contribution in [2.24, 2.45) is 5.73 Å². The van der Waals surface area contributed by atoms with Gasteiger partial charge in [0.15, 0.2) is 6.61 Å². The number of hydrogen-bond acceptors (Lipinski definition) is 3. The summed E-state index contributed by atoms with van der Waals surface area (Å²) in [7, 11) is 0. The highest BCUT2D eigenvalue weighted by Crippen LogP contribution is 2.15. The van der Waals surface area contributed by atoms with Crippen molar-refractivity contribution in [1.82, 2.24) is 0 Å². The van der Waals surface area contributed by atoms with Crippen molar-refractivity contribution in [3.05, 3.63) is 24.3 Å². The molecule has 0 atom stereocenters. The number of ether oxygens (including phenoxy) is 1. The molecule has 0 unspecified atom stereocenters. The fourth-order valence-corrected chi connectivity index (χ4v) is 1.12. The largest absolute Gasteiger partial charge is 0.484 e. The van der Waals surface area contributed by atoms with Gasteiger partial charge in [-0.1, -0.05) is 15.9 Å². The minimum Gasteiger partial charge on any atom is -0.484 e. The van der Waals surface area contributed by atoms with E-state index in [0.717, 1.165) is 0 Å². The number of halogens is 1. The van der Waals surface area contributed by atoms with Crippen LogP contribution in [-0.2, 0) is 9.59 Å². The third-order valence-corrected chi connectivity index (χ3v) is 2.15. The van der Waals surface area contributed by atoms with Crippen molar-refractivity contribution in [2.45, 2.75) is 0 Å². The number of nitrogens with two attached hydrogens (primary N) is 1. The van der Waals surface area contributed by atoms with E-state index in [0.29, 0.717) is 11.4 Å². The Morgan fingerprint density at radius 3 is 2.44 bits per heavy atom. The molecule has 0 saturated carbocycles. The van der Waals surface area contributed by atoms with Crippen LogP contribution >= 0.6 is 15.9 Å². The maximum absolute atomic E-state index is 11.0. The van der Waals surface area contributed by atoms with E-state index in [1.807, 2.05) is 0 Å². The number of anilines is 1. The molecule has 1 aromatic rings. The quantitative estimate of drug-likeness (QED) is 0.789. The van der Waals surface area contributed by atoms with E-state index in [1.54, 1.807) is 24.3 Å². The van der Waals surface area contributed by atoms with Crippen LogP contribution in [0, 0.1) is 0 Å². The van der Waals surface area contributed by atoms with Gasteiger partial charge in [-0.25, -0.2) is 0 Å². The Balaban J connectivity index is 2.54. The lowest BCUT2D eigenvalue weighted by Gasteiger charge is -2.05. The summed E-state index contributed by atoms with van der Waals surface area (Å²) >= 11 is 3.04. The topological polar surface area (TPSA) is 81.4 Å². The first-order valence-electron chi connectivity index (χ1n) is 4.49. The average molecular weight is 287 g/mol. The first-order chi connectivity index (χ1) is 7.61. The van der Waals surface area contributed by atoms with Crippen LogP contribution in [0.3, 0.4) is 0 Å². The highest BCUT2D eigenvalue weighted by Gasteiger charge is 2.01. The van der Waals surface area contributed by atoms with E-state index in [2.05, 4.69) is 21.2 Å². The van der Waals surface area contributed by atoms with Crippen LogP contribution < -0.4 is 15.8 Å². The number of carbonyl (C=O) groups is 2. The molecule has 0 aliphatic rings. The van der Waals surface area contributed by atoms with Crippen LogP contribution in [0.5, 0.6) is 5.75 Å². The van der Waals surface area contributed by atoms with Gasteiger partial charge < -0.3 is 15.8 Å². The summed E-state index contributed by atoms with van der Waals surface area (Å²) in [6.07, 6.45) is 0. The minimum atomic E-state index is -0.531. The summed E-state index contributed by atoms with van der Waals surface area (Å²) in [6.45, 7) is -0.160. The van der Waals surface area contributed by atoms with Crippen LogP contribution in [0.4, 0.5) is 5.69 Å². The number of benzene rings is 1. The SMILES string of the molecule is NC(=O)COc1ccc(NC(=O)CBr)cc1. The number of carbonyl (C=O) groups excluding carboxylic acids is 2. The summed E-state index contributed by atoms with van der Waals surface area (Å²) in [6, 6.07) is 6.65. The molecule has 0 heterocycles. The molecule has 1 rings (SSSR count). The number of alkyl halides is 1. The van der Waals surface area contributed by atoms with Crippen LogP contribution in [0.1, 0.15) is 0 Å². The van der Waals surface area contributed by atoms with E-state index in [1.165, 1.54) is 0 Å². The molecule has 16 heavy (non-hydrogen) atoms. The molecule has 6 heteroatoms. The average Bonchev–Trinajstić information content (AvgIpc) is 2.28. The van der Waals surface area contributed by atoms with E-state index >= 15 is 0 Å². The zero-order chi connectivity index (χ0) is 12.0. The second-order valence-electron chi connectivity index (χ2n) is 2.96. The Labute approximate surface area is 101 Å². The van der Waals surface area contributed by atoms with Gasteiger partial charge in [0.25, 0.3) is 5.91 Å². The van der Waals surface area contributed by atoms with E-state index in [4.69, 9.17) is 10.5 Å². The Kier molecular flexibility index (Phi) is 4.78. The lowest BCUT2D eigenvalue weighted by molar-refractivity contribution is -0.120. The number of amides is 2. The molecule has 3 N–H and O–H groups in total. The zero-order valence-corrected chi connectivity index (χ0v) is 9.99. The molecule has 0 fully saturated rings. The van der Waals surface area contributed by atoms with Crippen LogP contribution in [0.15, 0.2) is 24.3 Å². The van der Waals surface area contributed by atoms with Crippen molar-refractivity contribution in [1.29, 1.82) is 0 Å². The van der Waals surface area contributed by atoms with Gasteiger partial charge in [-0.15, -0.1) is 0 Å². The van der Waals surface area contributed by atoms with Gasteiger partial charge in [0.05, 0.1) is 5.33 Å². The summed E-state index contributed by atoms with van der Waals surface area (Å²) in [4.78, 5) is 21.5. The first kappa shape index (κ1) is 12.5. The monoisotopic (exact) mass is 286 g/mol. The molecule has 0 spiro atoms. The van der Waals surface area contributed by atoms with Crippen molar-refractivity contribution in [3.63, 3.8) is 0 Å². The van der Waals surface area contributed by atoms with Gasteiger partial charge in [0.2, 0.25) is 5.91 Å². The molecular weight excluding hydrogens is 276 g/mol. The molecular formula is C10H11BrN2O3. The summed E-state index contributed by atoms with van der Waals surface area (Å²) in [5, 5.41) is 2.89. The Morgan fingerprint density at radius 2 is 1.94 bits per heavy atom. The lowest BCUT2D eigenvalue weighted by atomic mass is 10.3. The van der Waals surface area contributed by atoms with Gasteiger partial charge in [-0.3, -0.25) is 9.59 Å². The third kappa shape index (κ3) is 4.31. The fourth-order valence-electron chi connectivity index (χ4n) is 0.983. The van der Waals surface area contributed by atoms with Crippen LogP contribution in [0.25, 0.3) is 0 Å². The minimum absolute atomic E-state index is 0.134. The molecule has 0 radical (unpaired) electrons. The maximum atomic E-state index is 11.0. The predicted octanol–water partition coefficient (Wildman–Crippen LogP) is 0.884. The van der Waals surface area contributed by atoms with E-state index < -0.39 is 5.91 Å². The molecule has 5 nitrogen and oxygen atoms in total. The molecule has 0 aliphatic carbocycles. The molecule has 0 saturated heterocycles. The highest BCUT2D eigenvalue weighted by atomic mass is 79.9. The van der Waals surface area contributed by atoms with E-state index in [9.17, 15) is 9.59 Å². The standard InChI is InChI=1S/C10H11BrN2O3/c11-5-10(15)13-7-1-3-8(4-2-7)16-6-9(12)14/h1-4H,5-6H2,(H2,12,14)(H,13,15). The Hall–Kier alpha value is -1.56. The molecule has 2 amide bonds. The molecule has 0 aliphatic heterocycles. The van der Waals surface area contributed by atoms with Crippen LogP contribution in [-0.4, -0.2) is 23.8 Å². The van der Waals surface area contributed by atoms with E-state index in [-0.39, 0.29) is 17.8 Å². The number of hydrogen-bond donors (Lipinski definition) is 2. The second-order valence-corrected chi connectivity index (χ2v) is 3.52. The number of nitrogens with one attached hydrogen (secondary N) is 1. The van der Waals surface area contributed by atoms with Crippen molar-refractivity contribution in [2.75, 3.05) is 17.3 Å². The molecule has 0 aromatic heterocycles. The molecule has 1 aromatic carbocycles. The predicted molar refractivity (Wildman–Crippen MR) is 63.6 cm³/mol. The molecule has 0 bridgehead atoms. The second kappa shape index (κ2) is 6.12. The van der Waals surface area contributed by atoms with Crippen LogP contribution in [0.2, 0.25) is 0 Å². The summed E-state index contributed by atoms with van der Waals surface area (Å²) < 4.78 is 5.06. The van der Waals surface area contributed by atoms with Crippen molar-refractivity contribution >= 4 is 33.4 Å². The van der Waals surface area contributed by atoms with Gasteiger partial charge in [0.1, 0.15) is 5.75 Å². The third-order valence-electron chi connectivity index (χ3n) is 1.64. The molecule has 86 valence electrons. The zero-order valence-electron chi connectivity index (χ0n) is 8.40. The van der Waals surface area contributed by atoms with Gasteiger partial charge in [0, 0.05) is 5.69 Å². The normalized spacial score (nSPS) is 9.56. The Morgan fingerprint density at radius 1 is 1.31 bits per heavy atom.